The molecule has 3 nitrogen and oxygen atoms in total. The van der Waals surface area contributed by atoms with Gasteiger partial charge in [0.15, 0.2) is 0 Å². The molecular weight excluding hydrogens is 150 g/mol. The Morgan fingerprint density at radius 1 is 1.50 bits per heavy atom. The number of H-pyrrole nitrogens is 1. The third-order valence-electron chi connectivity index (χ3n) is 2.60. The topological polar surface area (TPSA) is 40.7 Å². The molecule has 0 saturated heterocycles. The lowest BCUT2D eigenvalue weighted by Crippen LogP contribution is -2.23. The molecule has 0 fully saturated rings. The van der Waals surface area contributed by atoms with Gasteiger partial charge in [-0.05, 0) is 26.7 Å². The zero-order valence-corrected chi connectivity index (χ0v) is 7.65. The molecule has 1 unspecified atom stereocenters. The smallest absolute Gasteiger partial charge is 0.0670 e. The van der Waals surface area contributed by atoms with E-state index in [0.29, 0.717) is 6.04 Å². The highest BCUT2D eigenvalue weighted by molar-refractivity contribution is 5.25. The number of rotatable bonds is 0. The molecule has 1 aromatic rings. The minimum atomic E-state index is 0.624. The molecule has 1 aliphatic rings. The van der Waals surface area contributed by atoms with E-state index >= 15 is 0 Å². The molecule has 2 heterocycles. The lowest BCUT2D eigenvalue weighted by molar-refractivity contribution is 0.530. The average Bonchev–Trinajstić information content (AvgIpc) is 2.28. The number of nitrogens with one attached hydrogen (secondary N) is 2. The molecule has 1 atom stereocenters. The summed E-state index contributed by atoms with van der Waals surface area (Å²) < 4.78 is 0. The lowest BCUT2D eigenvalue weighted by Gasteiger charge is -2.07. The maximum absolute atomic E-state index is 4.29. The molecule has 2 rings (SSSR count). The molecule has 0 spiro atoms. The van der Waals surface area contributed by atoms with Crippen molar-refractivity contribution in [1.29, 1.82) is 0 Å². The van der Waals surface area contributed by atoms with Crippen LogP contribution in [0.25, 0.3) is 0 Å². The van der Waals surface area contributed by atoms with E-state index in [2.05, 4.69) is 29.4 Å². The first-order chi connectivity index (χ1) is 5.77. The van der Waals surface area contributed by atoms with Crippen molar-refractivity contribution in [3.63, 3.8) is 0 Å². The molecule has 0 aliphatic carbocycles. The van der Waals surface area contributed by atoms with Gasteiger partial charge in [0.2, 0.25) is 0 Å². The van der Waals surface area contributed by atoms with Crippen LogP contribution in [0.5, 0.6) is 0 Å². The largest absolute Gasteiger partial charge is 0.310 e. The van der Waals surface area contributed by atoms with Crippen LogP contribution in [0, 0.1) is 6.92 Å². The first-order valence-corrected chi connectivity index (χ1v) is 4.53. The Labute approximate surface area is 72.6 Å². The van der Waals surface area contributed by atoms with Crippen molar-refractivity contribution in [2.75, 3.05) is 0 Å². The van der Waals surface area contributed by atoms with Crippen LogP contribution in [0.15, 0.2) is 0 Å². The fourth-order valence-electron chi connectivity index (χ4n) is 1.68. The first kappa shape index (κ1) is 7.80. The standard InChI is InChI=1S/C9H15N3/c1-6-3-4-9-8(5-10-6)7(2)11-12-9/h6,10H,3-5H2,1-2H3,(H,11,12). The highest BCUT2D eigenvalue weighted by Gasteiger charge is 2.15. The maximum atomic E-state index is 4.29. The van der Waals surface area contributed by atoms with E-state index in [0.717, 1.165) is 13.0 Å². The van der Waals surface area contributed by atoms with Gasteiger partial charge in [-0.3, -0.25) is 5.10 Å². The number of hydrogen-bond acceptors (Lipinski definition) is 2. The van der Waals surface area contributed by atoms with Gasteiger partial charge in [-0.1, -0.05) is 0 Å². The predicted molar refractivity (Wildman–Crippen MR) is 47.9 cm³/mol. The molecule has 3 heteroatoms. The number of aryl methyl sites for hydroxylation is 2. The van der Waals surface area contributed by atoms with E-state index in [9.17, 15) is 0 Å². The molecular formula is C9H15N3. The number of aromatic nitrogens is 2. The van der Waals surface area contributed by atoms with Crippen LogP contribution >= 0.6 is 0 Å². The van der Waals surface area contributed by atoms with Gasteiger partial charge in [0, 0.05) is 23.8 Å². The van der Waals surface area contributed by atoms with Crippen LogP contribution in [-0.4, -0.2) is 16.2 Å². The molecule has 0 saturated carbocycles. The number of nitrogens with zero attached hydrogens (tertiary/aromatic N) is 1. The summed E-state index contributed by atoms with van der Waals surface area (Å²) in [6.07, 6.45) is 2.30. The normalized spacial score (nSPS) is 23.3. The molecule has 66 valence electrons. The van der Waals surface area contributed by atoms with Crippen LogP contribution in [0.4, 0.5) is 0 Å². The van der Waals surface area contributed by atoms with Crippen LogP contribution < -0.4 is 5.32 Å². The van der Waals surface area contributed by atoms with Crippen molar-refractivity contribution in [3.05, 3.63) is 17.0 Å². The van der Waals surface area contributed by atoms with Gasteiger partial charge in [0.05, 0.1) is 5.69 Å². The number of aromatic amines is 1. The van der Waals surface area contributed by atoms with Gasteiger partial charge in [0.25, 0.3) is 0 Å². The Hall–Kier alpha value is -0.830. The fraction of sp³-hybridized carbons (Fsp3) is 0.667. The van der Waals surface area contributed by atoms with Crippen LogP contribution in [0.1, 0.15) is 30.3 Å². The molecule has 0 bridgehead atoms. The second kappa shape index (κ2) is 2.90. The summed E-state index contributed by atoms with van der Waals surface area (Å²) in [5.41, 5.74) is 3.84. The van der Waals surface area contributed by atoms with Crippen LogP contribution in [-0.2, 0) is 13.0 Å². The lowest BCUT2D eigenvalue weighted by atomic mass is 10.1. The Morgan fingerprint density at radius 3 is 3.17 bits per heavy atom. The summed E-state index contributed by atoms with van der Waals surface area (Å²) >= 11 is 0. The minimum Gasteiger partial charge on any atom is -0.310 e. The summed E-state index contributed by atoms with van der Waals surface area (Å²) in [5.74, 6) is 0. The van der Waals surface area contributed by atoms with Gasteiger partial charge in [-0.2, -0.15) is 5.10 Å². The first-order valence-electron chi connectivity index (χ1n) is 4.53. The molecule has 1 aromatic heterocycles. The molecule has 2 N–H and O–H groups in total. The van der Waals surface area contributed by atoms with Gasteiger partial charge < -0.3 is 5.32 Å². The zero-order valence-electron chi connectivity index (χ0n) is 7.65. The number of fused-ring (bicyclic) bond motifs is 1. The van der Waals surface area contributed by atoms with Crippen molar-refractivity contribution in [2.24, 2.45) is 0 Å². The van der Waals surface area contributed by atoms with E-state index in [4.69, 9.17) is 0 Å². The third kappa shape index (κ3) is 1.25. The molecule has 0 radical (unpaired) electrons. The van der Waals surface area contributed by atoms with E-state index in [1.54, 1.807) is 0 Å². The molecule has 12 heavy (non-hydrogen) atoms. The third-order valence-corrected chi connectivity index (χ3v) is 2.60. The van der Waals surface area contributed by atoms with Gasteiger partial charge in [-0.15, -0.1) is 0 Å². The maximum Gasteiger partial charge on any atom is 0.0670 e. The van der Waals surface area contributed by atoms with E-state index < -0.39 is 0 Å². The quantitative estimate of drug-likeness (QED) is 0.605. The summed E-state index contributed by atoms with van der Waals surface area (Å²) in [6, 6.07) is 0.624. The fourth-order valence-corrected chi connectivity index (χ4v) is 1.68. The summed E-state index contributed by atoms with van der Waals surface area (Å²) in [7, 11) is 0. The van der Waals surface area contributed by atoms with E-state index in [-0.39, 0.29) is 0 Å². The molecule has 0 aromatic carbocycles. The summed E-state index contributed by atoms with van der Waals surface area (Å²) in [6.45, 7) is 5.28. The molecule has 1 aliphatic heterocycles. The minimum absolute atomic E-state index is 0.624. The summed E-state index contributed by atoms with van der Waals surface area (Å²) in [5, 5.41) is 10.8. The predicted octanol–water partition coefficient (Wildman–Crippen LogP) is 1.14. The van der Waals surface area contributed by atoms with Crippen LogP contribution in [0.3, 0.4) is 0 Å². The Morgan fingerprint density at radius 2 is 2.33 bits per heavy atom. The highest BCUT2D eigenvalue weighted by atomic mass is 15.1. The van der Waals surface area contributed by atoms with Gasteiger partial charge in [-0.25, -0.2) is 0 Å². The van der Waals surface area contributed by atoms with Crippen molar-refractivity contribution in [1.82, 2.24) is 15.5 Å². The Bertz CT molecular complexity index is 277. The highest BCUT2D eigenvalue weighted by Crippen LogP contribution is 2.16. The van der Waals surface area contributed by atoms with Gasteiger partial charge >= 0.3 is 0 Å². The second-order valence-electron chi connectivity index (χ2n) is 3.59. The van der Waals surface area contributed by atoms with Crippen molar-refractivity contribution in [2.45, 2.75) is 39.3 Å². The number of hydrogen-bond donors (Lipinski definition) is 2. The zero-order chi connectivity index (χ0) is 8.55. The van der Waals surface area contributed by atoms with Gasteiger partial charge in [0.1, 0.15) is 0 Å². The Kier molecular flexibility index (Phi) is 1.89. The Balaban J connectivity index is 2.28. The van der Waals surface area contributed by atoms with Crippen LogP contribution in [0.2, 0.25) is 0 Å². The van der Waals surface area contributed by atoms with Crippen molar-refractivity contribution < 1.29 is 0 Å². The average molecular weight is 165 g/mol. The summed E-state index contributed by atoms with van der Waals surface area (Å²) in [4.78, 5) is 0. The second-order valence-corrected chi connectivity index (χ2v) is 3.59. The van der Waals surface area contributed by atoms with E-state index in [1.165, 1.54) is 23.4 Å². The molecule has 0 amide bonds. The van der Waals surface area contributed by atoms with Crippen molar-refractivity contribution in [3.8, 4) is 0 Å². The monoisotopic (exact) mass is 165 g/mol. The van der Waals surface area contributed by atoms with Crippen molar-refractivity contribution >= 4 is 0 Å². The SMILES string of the molecule is Cc1[nH]nc2c1CNC(C)CC2. The van der Waals surface area contributed by atoms with E-state index in [1.807, 2.05) is 0 Å².